The lowest BCUT2D eigenvalue weighted by molar-refractivity contribution is 0.136. The Labute approximate surface area is 105 Å². The molecule has 2 rings (SSSR count). The van der Waals surface area contributed by atoms with Crippen LogP contribution in [0, 0.1) is 11.7 Å². The zero-order valence-electron chi connectivity index (χ0n) is 8.72. The first kappa shape index (κ1) is 12.1. The van der Waals surface area contributed by atoms with Crippen molar-refractivity contribution in [2.24, 2.45) is 5.10 Å². The molecule has 0 fully saturated rings. The highest BCUT2D eigenvalue weighted by atomic mass is 32.1. The Balaban J connectivity index is 2.32. The molecule has 8 heteroatoms. The van der Waals surface area contributed by atoms with Crippen LogP contribution in [0.2, 0.25) is 0 Å². The summed E-state index contributed by atoms with van der Waals surface area (Å²) in [5.41, 5.74) is 0. The molecule has 17 heavy (non-hydrogen) atoms. The fraction of sp³-hybridized carbons (Fsp3) is 0.222. The molecular weight excluding hydrogens is 266 g/mol. The minimum atomic E-state index is -2.72. The zero-order chi connectivity index (χ0) is 12.4. The third kappa shape index (κ3) is 2.64. The SMILES string of the molecule is Cc1ccc(/C=N\n2c(C(F)F)n[nH]c2=S)s1. The largest absolute Gasteiger partial charge is 0.299 e. The van der Waals surface area contributed by atoms with Gasteiger partial charge < -0.3 is 0 Å². The fourth-order valence-corrected chi connectivity index (χ4v) is 2.12. The number of nitrogens with one attached hydrogen (secondary N) is 1. The van der Waals surface area contributed by atoms with E-state index in [0.29, 0.717) is 0 Å². The second kappa shape index (κ2) is 4.84. The molecule has 0 aliphatic carbocycles. The van der Waals surface area contributed by atoms with Crippen molar-refractivity contribution in [2.45, 2.75) is 13.3 Å². The van der Waals surface area contributed by atoms with E-state index in [1.165, 1.54) is 17.6 Å². The van der Waals surface area contributed by atoms with E-state index < -0.39 is 12.2 Å². The number of aromatic nitrogens is 3. The van der Waals surface area contributed by atoms with Crippen molar-refractivity contribution in [1.29, 1.82) is 0 Å². The summed E-state index contributed by atoms with van der Waals surface area (Å²) in [6.45, 7) is 1.95. The number of rotatable bonds is 3. The van der Waals surface area contributed by atoms with E-state index in [1.807, 2.05) is 19.1 Å². The van der Waals surface area contributed by atoms with Crippen LogP contribution in [0.1, 0.15) is 22.0 Å². The molecule has 2 heterocycles. The number of thiophene rings is 1. The summed E-state index contributed by atoms with van der Waals surface area (Å²) < 4.78 is 26.1. The molecule has 0 aliphatic rings. The number of alkyl halides is 2. The van der Waals surface area contributed by atoms with E-state index in [1.54, 1.807) is 0 Å². The lowest BCUT2D eigenvalue weighted by Gasteiger charge is -1.97. The van der Waals surface area contributed by atoms with Gasteiger partial charge in [0.25, 0.3) is 6.43 Å². The Hall–Kier alpha value is -1.41. The van der Waals surface area contributed by atoms with Gasteiger partial charge in [-0.05, 0) is 31.3 Å². The maximum absolute atomic E-state index is 12.5. The first-order chi connectivity index (χ1) is 8.08. The molecule has 0 unspecified atom stereocenters. The van der Waals surface area contributed by atoms with Gasteiger partial charge in [0.1, 0.15) is 0 Å². The van der Waals surface area contributed by atoms with Crippen LogP contribution in [0.5, 0.6) is 0 Å². The predicted molar refractivity (Wildman–Crippen MR) is 64.4 cm³/mol. The van der Waals surface area contributed by atoms with Crippen LogP contribution >= 0.6 is 23.6 Å². The zero-order valence-corrected chi connectivity index (χ0v) is 10.4. The third-order valence-corrected chi connectivity index (χ3v) is 3.13. The lowest BCUT2D eigenvalue weighted by atomic mass is 10.4. The highest BCUT2D eigenvalue weighted by Gasteiger charge is 2.15. The number of hydrogen-bond acceptors (Lipinski definition) is 4. The van der Waals surface area contributed by atoms with E-state index in [0.717, 1.165) is 14.4 Å². The minimum absolute atomic E-state index is 0.0461. The molecule has 4 nitrogen and oxygen atoms in total. The lowest BCUT2D eigenvalue weighted by Crippen LogP contribution is -1.98. The minimum Gasteiger partial charge on any atom is -0.250 e. The maximum Gasteiger partial charge on any atom is 0.299 e. The number of halogens is 2. The molecule has 0 bridgehead atoms. The fourth-order valence-electron chi connectivity index (χ4n) is 1.19. The topological polar surface area (TPSA) is 46.0 Å². The summed E-state index contributed by atoms with van der Waals surface area (Å²) in [5, 5.41) is 9.60. The van der Waals surface area contributed by atoms with Crippen molar-refractivity contribution in [3.8, 4) is 0 Å². The van der Waals surface area contributed by atoms with Crippen molar-refractivity contribution >= 4 is 29.8 Å². The normalized spacial score (nSPS) is 11.8. The molecule has 0 aliphatic heterocycles. The highest BCUT2D eigenvalue weighted by Crippen LogP contribution is 2.17. The summed E-state index contributed by atoms with van der Waals surface area (Å²) in [7, 11) is 0. The van der Waals surface area contributed by atoms with Gasteiger partial charge in [0.05, 0.1) is 6.21 Å². The third-order valence-electron chi connectivity index (χ3n) is 1.93. The molecule has 0 saturated heterocycles. The average Bonchev–Trinajstić information content (AvgIpc) is 2.82. The molecule has 0 spiro atoms. The van der Waals surface area contributed by atoms with E-state index in [4.69, 9.17) is 12.2 Å². The Kier molecular flexibility index (Phi) is 3.43. The van der Waals surface area contributed by atoms with Gasteiger partial charge in [-0.1, -0.05) is 0 Å². The molecule has 0 amide bonds. The van der Waals surface area contributed by atoms with Crippen molar-refractivity contribution in [1.82, 2.24) is 14.9 Å². The molecule has 0 atom stereocenters. The molecular formula is C9H8F2N4S2. The van der Waals surface area contributed by atoms with Crippen LogP contribution in [-0.4, -0.2) is 21.1 Å². The maximum atomic E-state index is 12.5. The number of aryl methyl sites for hydroxylation is 1. The quantitative estimate of drug-likeness (QED) is 0.690. The van der Waals surface area contributed by atoms with Gasteiger partial charge in [0.15, 0.2) is 0 Å². The molecule has 2 aromatic rings. The summed E-state index contributed by atoms with van der Waals surface area (Å²) >= 11 is 6.33. The average molecular weight is 274 g/mol. The first-order valence-corrected chi connectivity index (χ1v) is 5.86. The van der Waals surface area contributed by atoms with Gasteiger partial charge in [-0.3, -0.25) is 0 Å². The predicted octanol–water partition coefficient (Wildman–Crippen LogP) is 3.13. The molecule has 90 valence electrons. The smallest absolute Gasteiger partial charge is 0.250 e. The summed E-state index contributed by atoms with van der Waals surface area (Å²) in [5.74, 6) is -0.487. The molecule has 0 aromatic carbocycles. The Morgan fingerprint density at radius 3 is 2.94 bits per heavy atom. The van der Waals surface area contributed by atoms with Crippen molar-refractivity contribution in [3.05, 3.63) is 32.5 Å². The van der Waals surface area contributed by atoms with Crippen LogP contribution in [-0.2, 0) is 0 Å². The van der Waals surface area contributed by atoms with Crippen molar-refractivity contribution in [3.63, 3.8) is 0 Å². The van der Waals surface area contributed by atoms with E-state index >= 15 is 0 Å². The van der Waals surface area contributed by atoms with E-state index in [9.17, 15) is 8.78 Å². The Morgan fingerprint density at radius 1 is 1.59 bits per heavy atom. The monoisotopic (exact) mass is 274 g/mol. The van der Waals surface area contributed by atoms with Gasteiger partial charge in [-0.2, -0.15) is 14.9 Å². The molecule has 1 N–H and O–H groups in total. The number of hydrogen-bond donors (Lipinski definition) is 1. The van der Waals surface area contributed by atoms with Gasteiger partial charge >= 0.3 is 0 Å². The second-order valence-electron chi connectivity index (χ2n) is 3.19. The van der Waals surface area contributed by atoms with Crippen LogP contribution in [0.4, 0.5) is 8.78 Å². The summed E-state index contributed by atoms with van der Waals surface area (Å²) in [6.07, 6.45) is -1.24. The molecule has 2 aromatic heterocycles. The van der Waals surface area contributed by atoms with Gasteiger partial charge in [0.2, 0.25) is 10.6 Å². The van der Waals surface area contributed by atoms with E-state index in [-0.39, 0.29) is 4.77 Å². The van der Waals surface area contributed by atoms with Crippen LogP contribution in [0.3, 0.4) is 0 Å². The van der Waals surface area contributed by atoms with Crippen molar-refractivity contribution in [2.75, 3.05) is 0 Å². The van der Waals surface area contributed by atoms with Crippen LogP contribution < -0.4 is 0 Å². The number of H-pyrrole nitrogens is 1. The van der Waals surface area contributed by atoms with Gasteiger partial charge in [-0.15, -0.1) is 11.3 Å². The standard InChI is InChI=1S/C9H8F2N4S2/c1-5-2-3-6(17-5)4-12-15-8(7(10)11)13-14-9(15)16/h2-4,7H,1H3,(H,14,16)/b12-4-. The number of nitrogens with zero attached hydrogens (tertiary/aromatic N) is 3. The first-order valence-electron chi connectivity index (χ1n) is 4.64. The highest BCUT2D eigenvalue weighted by molar-refractivity contribution is 7.71. The summed E-state index contributed by atoms with van der Waals surface area (Å²) in [6, 6.07) is 3.78. The Morgan fingerprint density at radius 2 is 2.35 bits per heavy atom. The van der Waals surface area contributed by atoms with Gasteiger partial charge in [0, 0.05) is 9.75 Å². The van der Waals surface area contributed by atoms with Crippen LogP contribution in [0.25, 0.3) is 0 Å². The van der Waals surface area contributed by atoms with Crippen LogP contribution in [0.15, 0.2) is 17.2 Å². The van der Waals surface area contributed by atoms with Crippen molar-refractivity contribution < 1.29 is 8.78 Å². The number of aromatic amines is 1. The van der Waals surface area contributed by atoms with Gasteiger partial charge in [-0.25, -0.2) is 13.9 Å². The molecule has 0 radical (unpaired) electrons. The van der Waals surface area contributed by atoms with E-state index in [2.05, 4.69) is 15.3 Å². The Bertz CT molecular complexity index is 596. The second-order valence-corrected chi connectivity index (χ2v) is 4.90. The summed E-state index contributed by atoms with van der Waals surface area (Å²) in [4.78, 5) is 1.99. The molecule has 0 saturated carbocycles.